The number of hydrogen-bond acceptors (Lipinski definition) is 3. The number of nitrogens with zero attached hydrogens (tertiary/aromatic N) is 2. The van der Waals surface area contributed by atoms with Crippen LogP contribution in [0.25, 0.3) is 0 Å². The van der Waals surface area contributed by atoms with Crippen LogP contribution >= 0.6 is 0 Å². The molecule has 1 fully saturated rings. The molecule has 0 amide bonds. The summed E-state index contributed by atoms with van der Waals surface area (Å²) in [5.41, 5.74) is 3.20. The maximum atomic E-state index is 12.9. The van der Waals surface area contributed by atoms with Gasteiger partial charge in [0.05, 0.1) is 11.4 Å². The number of halogens is 1. The maximum absolute atomic E-state index is 12.9. The summed E-state index contributed by atoms with van der Waals surface area (Å²) in [5, 5.41) is 3.32. The number of likely N-dealkylation sites (tertiary alicyclic amines) is 1. The minimum absolute atomic E-state index is 0.199. The first-order valence-electron chi connectivity index (χ1n) is 8.00. The van der Waals surface area contributed by atoms with Crippen molar-refractivity contribution in [2.75, 3.05) is 20.1 Å². The van der Waals surface area contributed by atoms with Crippen LogP contribution in [0.4, 0.5) is 4.39 Å². The highest BCUT2D eigenvalue weighted by atomic mass is 19.1. The Balaban J connectivity index is 1.42. The van der Waals surface area contributed by atoms with Gasteiger partial charge in [-0.2, -0.15) is 0 Å². The molecule has 3 nitrogen and oxygen atoms in total. The van der Waals surface area contributed by atoms with E-state index >= 15 is 0 Å². The monoisotopic (exact) mass is 301 g/mol. The zero-order valence-corrected chi connectivity index (χ0v) is 13.2. The smallest absolute Gasteiger partial charge is 0.123 e. The first kappa shape index (κ1) is 15.1. The van der Waals surface area contributed by atoms with Crippen LogP contribution in [0.1, 0.15) is 24.8 Å². The van der Waals surface area contributed by atoms with Gasteiger partial charge in [-0.05, 0) is 44.1 Å². The van der Waals surface area contributed by atoms with Crippen molar-refractivity contribution in [2.45, 2.75) is 31.8 Å². The van der Waals surface area contributed by atoms with Gasteiger partial charge >= 0.3 is 0 Å². The summed E-state index contributed by atoms with van der Waals surface area (Å²) < 4.78 is 12.9. The average molecular weight is 301 g/mol. The van der Waals surface area contributed by atoms with Crippen LogP contribution in [-0.4, -0.2) is 36.0 Å². The summed E-state index contributed by atoms with van der Waals surface area (Å²) in [7, 11) is 2.22. The molecular weight excluding hydrogens is 277 g/mol. The van der Waals surface area contributed by atoms with Crippen molar-refractivity contribution < 1.29 is 4.39 Å². The fourth-order valence-electron chi connectivity index (χ4n) is 3.02. The van der Waals surface area contributed by atoms with E-state index in [0.29, 0.717) is 12.6 Å². The molecule has 1 saturated heterocycles. The van der Waals surface area contributed by atoms with Gasteiger partial charge in [0.2, 0.25) is 0 Å². The van der Waals surface area contributed by atoms with Crippen molar-refractivity contribution in [2.24, 2.45) is 0 Å². The van der Waals surface area contributed by atoms with Crippen LogP contribution in [0.3, 0.4) is 0 Å². The van der Waals surface area contributed by atoms with E-state index < -0.39 is 0 Å². The van der Waals surface area contributed by atoms with Gasteiger partial charge in [-0.15, -0.1) is 0 Å². The number of benzene rings is 1. The third-order valence-electron chi connectivity index (χ3n) is 4.58. The molecule has 0 aromatic heterocycles. The van der Waals surface area contributed by atoms with Gasteiger partial charge in [0, 0.05) is 25.3 Å². The van der Waals surface area contributed by atoms with Crippen molar-refractivity contribution in [3.63, 3.8) is 0 Å². The molecular formula is C18H24FN3. The molecule has 1 unspecified atom stereocenters. The highest BCUT2D eigenvalue weighted by Gasteiger charge is 2.29. The molecule has 4 heteroatoms. The Morgan fingerprint density at radius 3 is 2.82 bits per heavy atom. The molecule has 1 aromatic rings. The van der Waals surface area contributed by atoms with Crippen LogP contribution in [-0.2, 0) is 6.54 Å². The largest absolute Gasteiger partial charge is 0.380 e. The Labute approximate surface area is 132 Å². The van der Waals surface area contributed by atoms with Crippen LogP contribution in [0.2, 0.25) is 0 Å². The van der Waals surface area contributed by atoms with E-state index in [1.54, 1.807) is 12.1 Å². The van der Waals surface area contributed by atoms with Gasteiger partial charge in [0.1, 0.15) is 5.82 Å². The predicted molar refractivity (Wildman–Crippen MR) is 87.4 cm³/mol. The number of likely N-dealkylation sites (N-methyl/N-ethyl adjacent to an activating group) is 1. The second-order valence-corrected chi connectivity index (χ2v) is 6.26. The van der Waals surface area contributed by atoms with E-state index in [9.17, 15) is 4.39 Å². The lowest BCUT2D eigenvalue weighted by molar-refractivity contribution is 0.169. The van der Waals surface area contributed by atoms with Gasteiger partial charge in [-0.1, -0.05) is 25.1 Å². The van der Waals surface area contributed by atoms with Crippen LogP contribution in [0.5, 0.6) is 0 Å². The topological polar surface area (TPSA) is 18.3 Å². The number of rotatable bonds is 6. The molecule has 0 bridgehead atoms. The Hall–Kier alpha value is -1.81. The molecule has 1 N–H and O–H groups in total. The third-order valence-corrected chi connectivity index (χ3v) is 4.58. The first-order chi connectivity index (χ1) is 10.6. The normalized spacial score (nSPS) is 21.5. The molecule has 0 spiro atoms. The maximum Gasteiger partial charge on any atom is 0.123 e. The summed E-state index contributed by atoms with van der Waals surface area (Å²) in [6, 6.07) is 7.22. The molecule has 2 aliphatic heterocycles. The fourth-order valence-corrected chi connectivity index (χ4v) is 3.02. The zero-order valence-electron chi connectivity index (χ0n) is 13.2. The van der Waals surface area contributed by atoms with Gasteiger partial charge in [0.15, 0.2) is 0 Å². The van der Waals surface area contributed by atoms with Gasteiger partial charge in [0.25, 0.3) is 0 Å². The lowest BCUT2D eigenvalue weighted by atomic mass is 10.0. The molecule has 0 saturated carbocycles. The van der Waals surface area contributed by atoms with Gasteiger partial charge in [-0.25, -0.2) is 4.39 Å². The van der Waals surface area contributed by atoms with Crippen molar-refractivity contribution >= 4 is 0 Å². The highest BCUT2D eigenvalue weighted by Crippen LogP contribution is 2.29. The van der Waals surface area contributed by atoms with E-state index in [-0.39, 0.29) is 5.82 Å². The molecule has 0 aliphatic carbocycles. The standard InChI is InChI=1S/C18H24FN3/c1-14(20-11-15-6-8-16(19)9-7-15)18-13-22(18)12-17-5-3-4-10-21(17)2/h6-9,13,17,20H,1,3-5,10-12H2,2H3. The molecule has 1 aromatic carbocycles. The summed E-state index contributed by atoms with van der Waals surface area (Å²) in [5.74, 6) is -0.199. The van der Waals surface area contributed by atoms with Crippen molar-refractivity contribution in [1.82, 2.24) is 15.1 Å². The summed E-state index contributed by atoms with van der Waals surface area (Å²) in [6.07, 6.45) is 6.09. The van der Waals surface area contributed by atoms with Gasteiger partial charge in [-0.3, -0.25) is 0 Å². The molecule has 2 heterocycles. The number of piperidine rings is 1. The van der Waals surface area contributed by atoms with Crippen LogP contribution < -0.4 is 5.32 Å². The Bertz CT molecular complexity index is 564. The molecule has 1 atom stereocenters. The Morgan fingerprint density at radius 2 is 2.09 bits per heavy atom. The average Bonchev–Trinajstić information content (AvgIpc) is 3.28. The number of nitrogens with one attached hydrogen (secondary N) is 1. The second-order valence-electron chi connectivity index (χ2n) is 6.26. The number of hydrogen-bond donors (Lipinski definition) is 1. The minimum Gasteiger partial charge on any atom is -0.380 e. The van der Waals surface area contributed by atoms with Crippen molar-refractivity contribution in [1.29, 1.82) is 0 Å². The molecule has 0 radical (unpaired) electrons. The van der Waals surface area contributed by atoms with E-state index in [0.717, 1.165) is 17.8 Å². The van der Waals surface area contributed by atoms with Crippen molar-refractivity contribution in [3.8, 4) is 0 Å². The lowest BCUT2D eigenvalue weighted by Gasteiger charge is -2.33. The van der Waals surface area contributed by atoms with Crippen LogP contribution in [0, 0.1) is 5.82 Å². The second kappa shape index (κ2) is 6.53. The van der Waals surface area contributed by atoms with E-state index in [1.165, 1.54) is 43.6 Å². The lowest BCUT2D eigenvalue weighted by Crippen LogP contribution is -2.41. The van der Waals surface area contributed by atoms with E-state index in [2.05, 4.69) is 34.9 Å². The van der Waals surface area contributed by atoms with Gasteiger partial charge < -0.3 is 15.1 Å². The molecule has 3 rings (SSSR count). The summed E-state index contributed by atoms with van der Waals surface area (Å²) in [6.45, 7) is 7.04. The summed E-state index contributed by atoms with van der Waals surface area (Å²) in [4.78, 5) is 4.74. The fraction of sp³-hybridized carbons (Fsp3) is 0.444. The third kappa shape index (κ3) is 3.69. The SMILES string of the molecule is C=C(NCc1ccc(F)cc1)C1=CN1CC1CCCCN1C. The first-order valence-corrected chi connectivity index (χ1v) is 8.00. The van der Waals surface area contributed by atoms with Crippen molar-refractivity contribution in [3.05, 3.63) is 59.8 Å². The quantitative estimate of drug-likeness (QED) is 0.871. The molecule has 22 heavy (non-hydrogen) atoms. The Morgan fingerprint density at radius 1 is 1.32 bits per heavy atom. The van der Waals surface area contributed by atoms with E-state index in [1.807, 2.05) is 0 Å². The molecule has 2 aliphatic rings. The zero-order chi connectivity index (χ0) is 15.5. The minimum atomic E-state index is -0.199. The predicted octanol–water partition coefficient (Wildman–Crippen LogP) is 3.07. The van der Waals surface area contributed by atoms with E-state index in [4.69, 9.17) is 0 Å². The summed E-state index contributed by atoms with van der Waals surface area (Å²) >= 11 is 0. The molecule has 118 valence electrons. The Kier molecular flexibility index (Phi) is 4.48. The van der Waals surface area contributed by atoms with Crippen LogP contribution in [0.15, 0.2) is 48.4 Å². The highest BCUT2D eigenvalue weighted by molar-refractivity contribution is 5.37.